The van der Waals surface area contributed by atoms with Gasteiger partial charge in [0.05, 0.1) is 35.4 Å². The van der Waals surface area contributed by atoms with Gasteiger partial charge in [-0.25, -0.2) is 4.98 Å². The van der Waals surface area contributed by atoms with Crippen LogP contribution in [0.3, 0.4) is 0 Å². The second kappa shape index (κ2) is 10.6. The van der Waals surface area contributed by atoms with Crippen LogP contribution < -0.4 is 14.4 Å². The SMILES string of the molecule is COc1cc2[nH]nc(-c3cnc(N4CC(C)(CP(C)(C)=O)C4)c(C#N)c3)c2cc1O[C@H](C)c1c(Cl)cncc1Cl. The Kier molecular flexibility index (Phi) is 7.47. The number of anilines is 1. The maximum atomic E-state index is 12.4. The normalized spacial score (nSPS) is 15.4. The van der Waals surface area contributed by atoms with E-state index in [1.54, 1.807) is 25.4 Å². The lowest BCUT2D eigenvalue weighted by molar-refractivity contribution is 0.216. The van der Waals surface area contributed by atoms with Crippen molar-refractivity contribution in [2.24, 2.45) is 5.41 Å². The highest BCUT2D eigenvalue weighted by Gasteiger charge is 2.42. The monoisotopic (exact) mass is 598 g/mol. The van der Waals surface area contributed by atoms with Gasteiger partial charge in [-0.1, -0.05) is 30.1 Å². The van der Waals surface area contributed by atoms with Crippen molar-refractivity contribution in [3.8, 4) is 28.8 Å². The average Bonchev–Trinajstić information content (AvgIpc) is 3.28. The Balaban J connectivity index is 1.46. The Labute approximate surface area is 242 Å². The van der Waals surface area contributed by atoms with Gasteiger partial charge in [0, 0.05) is 65.8 Å². The number of nitrogens with one attached hydrogen (secondary N) is 1. The fourth-order valence-electron chi connectivity index (χ4n) is 5.52. The zero-order valence-electron chi connectivity index (χ0n) is 22.8. The van der Waals surface area contributed by atoms with Gasteiger partial charge >= 0.3 is 0 Å². The molecular weight excluding hydrogens is 570 g/mol. The number of hydrogen-bond donors (Lipinski definition) is 1. The van der Waals surface area contributed by atoms with Crippen molar-refractivity contribution in [1.82, 2.24) is 20.2 Å². The third kappa shape index (κ3) is 5.49. The van der Waals surface area contributed by atoms with E-state index in [-0.39, 0.29) is 5.41 Å². The molecular formula is C28H29Cl2N6O3P. The van der Waals surface area contributed by atoms with Crippen LogP contribution in [0.5, 0.6) is 11.5 Å². The molecule has 0 unspecified atom stereocenters. The maximum absolute atomic E-state index is 12.4. The highest BCUT2D eigenvalue weighted by atomic mass is 35.5. The lowest BCUT2D eigenvalue weighted by Crippen LogP contribution is -2.57. The molecule has 1 N–H and O–H groups in total. The molecule has 9 nitrogen and oxygen atoms in total. The Bertz CT molecular complexity index is 1670. The molecule has 1 aliphatic rings. The summed E-state index contributed by atoms with van der Waals surface area (Å²) in [6.07, 6.45) is 4.94. The van der Waals surface area contributed by atoms with Crippen LogP contribution in [-0.4, -0.2) is 59.9 Å². The largest absolute Gasteiger partial charge is 0.493 e. The predicted molar refractivity (Wildman–Crippen MR) is 159 cm³/mol. The first kappa shape index (κ1) is 28.2. The number of benzene rings is 1. The number of rotatable bonds is 8. The van der Waals surface area contributed by atoms with E-state index in [2.05, 4.69) is 38.1 Å². The summed E-state index contributed by atoms with van der Waals surface area (Å²) in [5.41, 5.74) is 3.06. The number of nitriles is 1. The third-order valence-corrected chi connectivity index (χ3v) is 9.04. The van der Waals surface area contributed by atoms with Gasteiger partial charge < -0.3 is 18.9 Å². The first-order chi connectivity index (χ1) is 18.9. The first-order valence-corrected chi connectivity index (χ1v) is 16.2. The Hall–Kier alpha value is -3.31. The average molecular weight is 599 g/mol. The number of pyridine rings is 2. The number of H-pyrrole nitrogens is 1. The summed E-state index contributed by atoms with van der Waals surface area (Å²) in [5.74, 6) is 1.60. The van der Waals surface area contributed by atoms with E-state index < -0.39 is 13.2 Å². The van der Waals surface area contributed by atoms with Gasteiger partial charge in [-0.2, -0.15) is 10.4 Å². The molecule has 0 spiro atoms. The van der Waals surface area contributed by atoms with Crippen LogP contribution in [0, 0.1) is 16.7 Å². The first-order valence-electron chi connectivity index (χ1n) is 12.6. The summed E-state index contributed by atoms with van der Waals surface area (Å²) in [6.45, 7) is 9.02. The molecule has 208 valence electrons. The molecule has 12 heteroatoms. The van der Waals surface area contributed by atoms with Gasteiger partial charge in [0.2, 0.25) is 0 Å². The lowest BCUT2D eigenvalue weighted by atomic mass is 9.84. The van der Waals surface area contributed by atoms with Gasteiger partial charge in [-0.05, 0) is 32.4 Å². The van der Waals surface area contributed by atoms with E-state index >= 15 is 0 Å². The second-order valence-corrected chi connectivity index (χ2v) is 15.3. The van der Waals surface area contributed by atoms with Gasteiger partial charge in [-0.15, -0.1) is 0 Å². The molecule has 1 atom stereocenters. The molecule has 0 aliphatic carbocycles. The molecule has 4 heterocycles. The number of aromatic nitrogens is 4. The van der Waals surface area contributed by atoms with E-state index in [1.165, 1.54) is 12.4 Å². The molecule has 1 fully saturated rings. The van der Waals surface area contributed by atoms with Crippen LogP contribution >= 0.6 is 30.3 Å². The van der Waals surface area contributed by atoms with Gasteiger partial charge in [0.15, 0.2) is 11.5 Å². The van der Waals surface area contributed by atoms with Crippen LogP contribution in [0.1, 0.15) is 31.1 Å². The van der Waals surface area contributed by atoms with Crippen molar-refractivity contribution < 1.29 is 14.0 Å². The van der Waals surface area contributed by atoms with Crippen molar-refractivity contribution >= 4 is 47.1 Å². The summed E-state index contributed by atoms with van der Waals surface area (Å²) in [6, 6.07) is 7.71. The molecule has 0 amide bonds. The highest BCUT2D eigenvalue weighted by Crippen LogP contribution is 2.48. The molecule has 1 aliphatic heterocycles. The Morgan fingerprint density at radius 2 is 1.88 bits per heavy atom. The number of halogens is 2. The van der Waals surface area contributed by atoms with E-state index in [0.717, 1.165) is 10.9 Å². The number of aromatic amines is 1. The zero-order valence-corrected chi connectivity index (χ0v) is 25.2. The minimum atomic E-state index is -2.15. The minimum Gasteiger partial charge on any atom is -0.493 e. The standard InChI is InChI=1S/C28H29Cl2N6O3P/c1-16(25-20(29)11-32-12-21(25)30)39-24-7-19-22(8-23(24)38-3)34-35-26(19)18-6-17(9-31)27(33-10-18)36-13-28(2,14-36)15-40(4,5)37/h6-8,10-12,16H,13-15H2,1-5H3,(H,34,35)/t16-/m1/s1. The van der Waals surface area contributed by atoms with Gasteiger partial charge in [0.25, 0.3) is 0 Å². The fraction of sp³-hybridized carbons (Fsp3) is 0.357. The van der Waals surface area contributed by atoms with Crippen molar-refractivity contribution in [3.63, 3.8) is 0 Å². The molecule has 5 rings (SSSR count). The fourth-order valence-corrected chi connectivity index (χ4v) is 8.23. The summed E-state index contributed by atoms with van der Waals surface area (Å²) in [4.78, 5) is 10.7. The molecule has 3 aromatic heterocycles. The summed E-state index contributed by atoms with van der Waals surface area (Å²) in [5, 5.41) is 19.1. The maximum Gasteiger partial charge on any atom is 0.162 e. The number of hydrogen-bond acceptors (Lipinski definition) is 8. The van der Waals surface area contributed by atoms with Crippen molar-refractivity contribution in [2.75, 3.05) is 44.6 Å². The summed E-state index contributed by atoms with van der Waals surface area (Å²) in [7, 11) is -0.594. The molecule has 0 saturated carbocycles. The van der Waals surface area contributed by atoms with Crippen LogP contribution in [0.4, 0.5) is 5.82 Å². The van der Waals surface area contributed by atoms with E-state index in [1.807, 2.05) is 26.3 Å². The number of nitrogens with zero attached hydrogens (tertiary/aromatic N) is 5. The van der Waals surface area contributed by atoms with Gasteiger partial charge in [0.1, 0.15) is 23.7 Å². The highest BCUT2D eigenvalue weighted by molar-refractivity contribution is 7.62. The second-order valence-electron chi connectivity index (χ2n) is 11.0. The topological polar surface area (TPSA) is 117 Å². The number of ether oxygens (including phenoxy) is 2. The van der Waals surface area contributed by atoms with E-state index in [0.29, 0.717) is 69.0 Å². The zero-order chi connectivity index (χ0) is 28.8. The molecule has 4 aromatic rings. The molecule has 40 heavy (non-hydrogen) atoms. The van der Waals surface area contributed by atoms with Crippen LogP contribution in [0.2, 0.25) is 10.0 Å². The molecule has 0 bridgehead atoms. The quantitative estimate of drug-likeness (QED) is 0.220. The molecule has 1 saturated heterocycles. The Morgan fingerprint density at radius 3 is 2.50 bits per heavy atom. The van der Waals surface area contributed by atoms with Crippen LogP contribution in [0.25, 0.3) is 22.2 Å². The minimum absolute atomic E-state index is 0.0538. The Morgan fingerprint density at radius 1 is 1.18 bits per heavy atom. The lowest BCUT2D eigenvalue weighted by Gasteiger charge is -2.49. The summed E-state index contributed by atoms with van der Waals surface area (Å²) < 4.78 is 24.2. The van der Waals surface area contributed by atoms with Crippen molar-refractivity contribution in [3.05, 3.63) is 58.0 Å². The number of fused-ring (bicyclic) bond motifs is 1. The van der Waals surface area contributed by atoms with Crippen LogP contribution in [0.15, 0.2) is 36.8 Å². The van der Waals surface area contributed by atoms with Crippen LogP contribution in [-0.2, 0) is 4.57 Å². The number of methoxy groups -OCH3 is 1. The van der Waals surface area contributed by atoms with E-state index in [4.69, 9.17) is 32.7 Å². The van der Waals surface area contributed by atoms with E-state index in [9.17, 15) is 9.83 Å². The summed E-state index contributed by atoms with van der Waals surface area (Å²) >= 11 is 12.7. The smallest absolute Gasteiger partial charge is 0.162 e. The van der Waals surface area contributed by atoms with Gasteiger partial charge in [-0.3, -0.25) is 10.1 Å². The predicted octanol–water partition coefficient (Wildman–Crippen LogP) is 6.80. The van der Waals surface area contributed by atoms with Crippen molar-refractivity contribution in [1.29, 1.82) is 5.26 Å². The molecule has 1 aromatic carbocycles. The molecule has 0 radical (unpaired) electrons. The third-order valence-electron chi connectivity index (χ3n) is 6.92. The van der Waals surface area contributed by atoms with Crippen molar-refractivity contribution in [2.45, 2.75) is 20.0 Å².